The van der Waals surface area contributed by atoms with Crippen LogP contribution < -0.4 is 14.9 Å². The van der Waals surface area contributed by atoms with Crippen LogP contribution in [0.15, 0.2) is 46.1 Å². The Bertz CT molecular complexity index is 1160. The van der Waals surface area contributed by atoms with E-state index in [0.29, 0.717) is 29.5 Å². The first kappa shape index (κ1) is 20.4. The highest BCUT2D eigenvalue weighted by atomic mass is 32.2. The van der Waals surface area contributed by atoms with Crippen molar-refractivity contribution in [2.45, 2.75) is 24.2 Å². The molecule has 0 unspecified atom stereocenters. The van der Waals surface area contributed by atoms with E-state index >= 15 is 0 Å². The molecule has 2 aromatic heterocycles. The highest BCUT2D eigenvalue weighted by molar-refractivity contribution is 7.93. The maximum absolute atomic E-state index is 12.3. The van der Waals surface area contributed by atoms with E-state index in [2.05, 4.69) is 20.0 Å². The van der Waals surface area contributed by atoms with E-state index in [0.717, 1.165) is 6.42 Å². The first-order valence-electron chi connectivity index (χ1n) is 8.98. The van der Waals surface area contributed by atoms with Gasteiger partial charge in [0.2, 0.25) is 11.8 Å². The maximum Gasteiger partial charge on any atom is 0.263 e. The van der Waals surface area contributed by atoms with Crippen molar-refractivity contribution in [3.8, 4) is 0 Å². The van der Waals surface area contributed by atoms with Crippen LogP contribution in [0.4, 0.5) is 16.0 Å². The predicted octanol–water partition coefficient (Wildman–Crippen LogP) is 2.71. The van der Waals surface area contributed by atoms with Gasteiger partial charge in [-0.1, -0.05) is 0 Å². The molecule has 1 saturated heterocycles. The van der Waals surface area contributed by atoms with Gasteiger partial charge < -0.3 is 5.32 Å². The topological polar surface area (TPSA) is 121 Å². The molecular weight excluding hydrogens is 446 g/mol. The fourth-order valence-corrected chi connectivity index (χ4v) is 5.54. The van der Waals surface area contributed by atoms with Gasteiger partial charge in [-0.25, -0.2) is 18.4 Å². The molecule has 3 heterocycles. The Hall–Kier alpha value is -2.83. The van der Waals surface area contributed by atoms with Gasteiger partial charge in [-0.2, -0.15) is 0 Å². The van der Waals surface area contributed by atoms with Crippen LogP contribution >= 0.6 is 22.7 Å². The van der Waals surface area contributed by atoms with Crippen LogP contribution in [-0.2, 0) is 26.0 Å². The lowest BCUT2D eigenvalue weighted by molar-refractivity contribution is -0.117. The van der Waals surface area contributed by atoms with E-state index in [1.807, 2.05) is 0 Å². The number of carbonyl (C=O) groups is 2. The molecule has 30 heavy (non-hydrogen) atoms. The van der Waals surface area contributed by atoms with Crippen molar-refractivity contribution < 1.29 is 18.0 Å². The standard InChI is InChI=1S/C18H17N5O4S3/c24-15(10-13-11-29-18(21-13)23-8-1-2-16(23)25)20-12-3-5-14(6-4-12)30(26,27)22-17-19-7-9-28-17/h3-7,9,11H,1-2,8,10H2,(H,19,22)(H,20,24). The van der Waals surface area contributed by atoms with Crippen LogP contribution in [0.5, 0.6) is 0 Å². The third-order valence-electron chi connectivity index (χ3n) is 4.29. The molecule has 3 aromatic rings. The van der Waals surface area contributed by atoms with Gasteiger partial charge in [0.05, 0.1) is 17.0 Å². The lowest BCUT2D eigenvalue weighted by atomic mass is 10.3. The lowest BCUT2D eigenvalue weighted by Crippen LogP contribution is -2.23. The van der Waals surface area contributed by atoms with Crippen molar-refractivity contribution in [2.75, 3.05) is 21.5 Å². The van der Waals surface area contributed by atoms with Crippen LogP contribution in [0, 0.1) is 0 Å². The molecule has 1 aliphatic heterocycles. The maximum atomic E-state index is 12.3. The van der Waals surface area contributed by atoms with E-state index in [1.165, 1.54) is 53.1 Å². The number of rotatable bonds is 7. The zero-order valence-corrected chi connectivity index (χ0v) is 18.0. The molecule has 12 heteroatoms. The minimum atomic E-state index is -3.74. The Balaban J connectivity index is 1.36. The molecular formula is C18H17N5O4S3. The van der Waals surface area contributed by atoms with Crippen LogP contribution in [0.25, 0.3) is 0 Å². The lowest BCUT2D eigenvalue weighted by Gasteiger charge is -2.10. The molecule has 1 fully saturated rings. The number of carbonyl (C=O) groups excluding carboxylic acids is 2. The van der Waals surface area contributed by atoms with Crippen LogP contribution in [-0.4, -0.2) is 36.7 Å². The zero-order valence-electron chi connectivity index (χ0n) is 15.6. The van der Waals surface area contributed by atoms with E-state index < -0.39 is 10.0 Å². The summed E-state index contributed by atoms with van der Waals surface area (Å²) in [5, 5.41) is 7.05. The smallest absolute Gasteiger partial charge is 0.263 e. The SMILES string of the molecule is O=C(Cc1csc(N2CCCC2=O)n1)Nc1ccc(S(=O)(=O)Nc2nccs2)cc1. The molecule has 156 valence electrons. The number of sulfonamides is 1. The normalized spacial score (nSPS) is 14.1. The molecule has 2 amide bonds. The van der Waals surface area contributed by atoms with Gasteiger partial charge in [-0.05, 0) is 30.7 Å². The highest BCUT2D eigenvalue weighted by Crippen LogP contribution is 2.25. The van der Waals surface area contributed by atoms with Gasteiger partial charge in [0.15, 0.2) is 10.3 Å². The Morgan fingerprint density at radius 2 is 2.00 bits per heavy atom. The van der Waals surface area contributed by atoms with Gasteiger partial charge in [0.1, 0.15) is 0 Å². The first-order chi connectivity index (χ1) is 14.4. The van der Waals surface area contributed by atoms with Crippen molar-refractivity contribution >= 4 is 60.5 Å². The largest absolute Gasteiger partial charge is 0.326 e. The summed E-state index contributed by atoms with van der Waals surface area (Å²) in [5.74, 6) is -0.226. The minimum Gasteiger partial charge on any atom is -0.326 e. The van der Waals surface area contributed by atoms with Crippen molar-refractivity contribution in [3.05, 3.63) is 46.9 Å². The van der Waals surface area contributed by atoms with Gasteiger partial charge in [-0.15, -0.1) is 22.7 Å². The fourth-order valence-electron chi connectivity index (χ4n) is 2.89. The molecule has 0 spiro atoms. The second-order valence-corrected chi connectivity index (χ2v) is 9.88. The van der Waals surface area contributed by atoms with Crippen molar-refractivity contribution in [1.29, 1.82) is 0 Å². The van der Waals surface area contributed by atoms with Crippen LogP contribution in [0.2, 0.25) is 0 Å². The number of hydrogen-bond donors (Lipinski definition) is 2. The highest BCUT2D eigenvalue weighted by Gasteiger charge is 2.24. The molecule has 0 bridgehead atoms. The van der Waals surface area contributed by atoms with Gasteiger partial charge >= 0.3 is 0 Å². The average molecular weight is 464 g/mol. The van der Waals surface area contributed by atoms with E-state index in [9.17, 15) is 18.0 Å². The molecule has 1 aliphatic rings. The minimum absolute atomic E-state index is 0.0553. The summed E-state index contributed by atoms with van der Waals surface area (Å²) in [6.45, 7) is 0.657. The summed E-state index contributed by atoms with van der Waals surface area (Å²) in [6, 6.07) is 5.85. The van der Waals surface area contributed by atoms with Crippen molar-refractivity contribution in [2.24, 2.45) is 0 Å². The number of hydrogen-bond acceptors (Lipinski definition) is 8. The van der Waals surface area contributed by atoms with Gasteiger partial charge in [-0.3, -0.25) is 19.2 Å². The Kier molecular flexibility index (Phi) is 5.79. The van der Waals surface area contributed by atoms with E-state index in [1.54, 1.807) is 15.7 Å². The molecule has 9 nitrogen and oxygen atoms in total. The Morgan fingerprint density at radius 3 is 2.67 bits per heavy atom. The number of aromatic nitrogens is 2. The number of amides is 2. The molecule has 2 N–H and O–H groups in total. The summed E-state index contributed by atoms with van der Waals surface area (Å²) >= 11 is 2.52. The van der Waals surface area contributed by atoms with Crippen molar-refractivity contribution in [3.63, 3.8) is 0 Å². The number of nitrogens with one attached hydrogen (secondary N) is 2. The third-order valence-corrected chi connectivity index (χ3v) is 7.37. The van der Waals surface area contributed by atoms with Gasteiger partial charge in [0, 0.05) is 35.6 Å². The summed E-state index contributed by atoms with van der Waals surface area (Å²) < 4.78 is 27.1. The van der Waals surface area contributed by atoms with Crippen LogP contribution in [0.1, 0.15) is 18.5 Å². The quantitative estimate of drug-likeness (QED) is 0.556. The molecule has 0 saturated carbocycles. The summed E-state index contributed by atoms with van der Waals surface area (Å²) in [6.07, 6.45) is 2.92. The first-order valence-corrected chi connectivity index (χ1v) is 12.2. The average Bonchev–Trinajstić information content (AvgIpc) is 3.44. The Labute approximate surface area is 180 Å². The van der Waals surface area contributed by atoms with E-state index in [4.69, 9.17) is 0 Å². The summed E-state index contributed by atoms with van der Waals surface area (Å²) in [4.78, 5) is 34.1. The number of nitrogens with zero attached hydrogens (tertiary/aromatic N) is 3. The second kappa shape index (κ2) is 8.50. The molecule has 0 radical (unpaired) electrons. The fraction of sp³-hybridized carbons (Fsp3) is 0.222. The predicted molar refractivity (Wildman–Crippen MR) is 115 cm³/mol. The molecule has 0 atom stereocenters. The van der Waals surface area contributed by atoms with E-state index in [-0.39, 0.29) is 28.3 Å². The number of thiazole rings is 2. The molecule has 0 aliphatic carbocycles. The van der Waals surface area contributed by atoms with Crippen molar-refractivity contribution in [1.82, 2.24) is 9.97 Å². The summed E-state index contributed by atoms with van der Waals surface area (Å²) in [7, 11) is -3.74. The Morgan fingerprint density at radius 1 is 1.20 bits per heavy atom. The molecule has 4 rings (SSSR count). The number of anilines is 3. The van der Waals surface area contributed by atoms with Gasteiger partial charge in [0.25, 0.3) is 10.0 Å². The zero-order chi connectivity index (χ0) is 21.1. The monoisotopic (exact) mass is 463 g/mol. The number of benzene rings is 1. The second-order valence-electron chi connectivity index (χ2n) is 6.46. The molecule has 1 aromatic carbocycles. The third kappa shape index (κ3) is 4.66. The van der Waals surface area contributed by atoms with Crippen LogP contribution in [0.3, 0.4) is 0 Å². The summed E-state index contributed by atoms with van der Waals surface area (Å²) in [5.41, 5.74) is 1.05.